The molecule has 0 fully saturated rings. The maximum atomic E-state index is 11.0. The first-order valence-electron chi connectivity index (χ1n) is 4.26. The summed E-state index contributed by atoms with van der Waals surface area (Å²) in [6.07, 6.45) is 2.53. The number of hydrogen-bond donors (Lipinski definition) is 0. The molecule has 2 aliphatic rings. The van der Waals surface area contributed by atoms with Crippen LogP contribution in [0.2, 0.25) is 0 Å². The van der Waals surface area contributed by atoms with E-state index in [2.05, 4.69) is 11.1 Å². The fourth-order valence-electron chi connectivity index (χ4n) is 1.86. The number of benzene rings is 1. The molecule has 0 unspecified atom stereocenters. The molecule has 1 heterocycles. The van der Waals surface area contributed by atoms with Gasteiger partial charge in [0.05, 0.1) is 12.1 Å². The minimum Gasteiger partial charge on any atom is -0.272 e. The molecule has 14 heavy (non-hydrogen) atoms. The highest BCUT2D eigenvalue weighted by atomic mass is 35.5. The Hall–Kier alpha value is -1.41. The van der Waals surface area contributed by atoms with Crippen LogP contribution in [-0.2, 0) is 4.79 Å². The summed E-state index contributed by atoms with van der Waals surface area (Å²) in [7, 11) is 0. The minimum atomic E-state index is -0.0178. The molecule has 0 bridgehead atoms. The van der Waals surface area contributed by atoms with Gasteiger partial charge in [0.2, 0.25) is 0 Å². The van der Waals surface area contributed by atoms with Gasteiger partial charge in [-0.25, -0.2) is 4.99 Å². The van der Waals surface area contributed by atoms with Crippen LogP contribution < -0.4 is 0 Å². The summed E-state index contributed by atoms with van der Waals surface area (Å²) in [5.74, 6) is -0.0178. The Kier molecular flexibility index (Phi) is 2.01. The van der Waals surface area contributed by atoms with E-state index in [9.17, 15) is 4.79 Å². The Morgan fingerprint density at radius 3 is 2.86 bits per heavy atom. The number of carbonyl (C=O) groups is 1. The molecule has 0 saturated carbocycles. The van der Waals surface area contributed by atoms with E-state index < -0.39 is 0 Å². The lowest BCUT2D eigenvalue weighted by molar-refractivity contribution is -0.116. The van der Waals surface area contributed by atoms with Crippen molar-refractivity contribution in [1.29, 1.82) is 0 Å². The first-order chi connectivity index (χ1) is 6.34. The normalized spacial score (nSPS) is 16.7. The zero-order chi connectivity index (χ0) is 8.84. The highest BCUT2D eigenvalue weighted by Crippen LogP contribution is 2.31. The van der Waals surface area contributed by atoms with Crippen molar-refractivity contribution in [3.05, 3.63) is 41.0 Å². The molecular formula is C11H8ClNO. The van der Waals surface area contributed by atoms with E-state index in [4.69, 9.17) is 0 Å². The fraction of sp³-hybridized carbons (Fsp3) is 0.0909. The van der Waals surface area contributed by atoms with Gasteiger partial charge in [0.15, 0.2) is 0 Å². The minimum absolute atomic E-state index is 0. The molecule has 0 aromatic heterocycles. The van der Waals surface area contributed by atoms with Gasteiger partial charge in [-0.1, -0.05) is 24.3 Å². The monoisotopic (exact) mass is 205 g/mol. The standard InChI is InChI=1S/C11H7NO.ClH/c13-10-6-8-5-7-3-1-2-4-9(7)11(8)12-10;/h1-5H,6H2;1H. The van der Waals surface area contributed by atoms with E-state index in [0.29, 0.717) is 6.42 Å². The van der Waals surface area contributed by atoms with Crippen molar-refractivity contribution in [2.75, 3.05) is 0 Å². The number of rotatable bonds is 0. The maximum Gasteiger partial charge on any atom is 0.250 e. The van der Waals surface area contributed by atoms with Gasteiger partial charge < -0.3 is 0 Å². The van der Waals surface area contributed by atoms with Crippen LogP contribution in [0.3, 0.4) is 0 Å². The molecule has 2 nitrogen and oxygen atoms in total. The van der Waals surface area contributed by atoms with Crippen LogP contribution in [0.1, 0.15) is 17.5 Å². The molecule has 0 N–H and O–H groups in total. The van der Waals surface area contributed by atoms with Crippen LogP contribution in [0.15, 0.2) is 34.8 Å². The van der Waals surface area contributed by atoms with E-state index >= 15 is 0 Å². The molecule has 3 heteroatoms. The third kappa shape index (κ3) is 1.11. The third-order valence-electron chi connectivity index (χ3n) is 2.43. The summed E-state index contributed by atoms with van der Waals surface area (Å²) >= 11 is 0. The van der Waals surface area contributed by atoms with Gasteiger partial charge in [-0.05, 0) is 17.2 Å². The van der Waals surface area contributed by atoms with E-state index in [-0.39, 0.29) is 18.3 Å². The lowest BCUT2D eigenvalue weighted by atomic mass is 10.1. The summed E-state index contributed by atoms with van der Waals surface area (Å²) in [6, 6.07) is 8.03. The van der Waals surface area contributed by atoms with Crippen molar-refractivity contribution in [2.24, 2.45) is 4.99 Å². The quantitative estimate of drug-likeness (QED) is 0.639. The Bertz CT molecular complexity index is 474. The van der Waals surface area contributed by atoms with Gasteiger partial charge in [0.1, 0.15) is 0 Å². The molecule has 70 valence electrons. The average Bonchev–Trinajstić information content (AvgIpc) is 2.60. The molecular weight excluding hydrogens is 198 g/mol. The molecule has 0 saturated heterocycles. The Balaban J connectivity index is 0.000000750. The zero-order valence-electron chi connectivity index (χ0n) is 7.36. The van der Waals surface area contributed by atoms with Crippen molar-refractivity contribution in [1.82, 2.24) is 0 Å². The zero-order valence-corrected chi connectivity index (χ0v) is 8.17. The van der Waals surface area contributed by atoms with Gasteiger partial charge in [0.25, 0.3) is 5.91 Å². The second-order valence-corrected chi connectivity index (χ2v) is 3.29. The van der Waals surface area contributed by atoms with Crippen LogP contribution >= 0.6 is 12.4 Å². The fourth-order valence-corrected chi connectivity index (χ4v) is 1.86. The number of aliphatic imine (C=N–C) groups is 1. The molecule has 1 aliphatic carbocycles. The van der Waals surface area contributed by atoms with E-state index in [0.717, 1.165) is 16.8 Å². The molecule has 1 aliphatic heterocycles. The van der Waals surface area contributed by atoms with Gasteiger partial charge in [-0.3, -0.25) is 4.79 Å². The summed E-state index contributed by atoms with van der Waals surface area (Å²) in [6.45, 7) is 0. The molecule has 1 aromatic carbocycles. The second-order valence-electron chi connectivity index (χ2n) is 3.29. The topological polar surface area (TPSA) is 29.4 Å². The Labute approximate surface area is 87.8 Å². The first-order valence-corrected chi connectivity index (χ1v) is 4.26. The van der Waals surface area contributed by atoms with Crippen molar-refractivity contribution >= 4 is 30.1 Å². The van der Waals surface area contributed by atoms with Crippen LogP contribution in [-0.4, -0.2) is 11.6 Å². The Morgan fingerprint density at radius 1 is 1.21 bits per heavy atom. The molecule has 3 rings (SSSR count). The van der Waals surface area contributed by atoms with E-state index in [1.165, 1.54) is 5.56 Å². The number of hydrogen-bond acceptors (Lipinski definition) is 1. The lowest BCUT2D eigenvalue weighted by Gasteiger charge is -1.96. The highest BCUT2D eigenvalue weighted by Gasteiger charge is 2.27. The maximum absolute atomic E-state index is 11.0. The Morgan fingerprint density at radius 2 is 2.00 bits per heavy atom. The molecule has 1 amide bonds. The number of fused-ring (bicyclic) bond motifs is 3. The SMILES string of the molecule is Cl.O=C1CC2=Cc3ccccc3C2=N1. The predicted molar refractivity (Wildman–Crippen MR) is 57.8 cm³/mol. The van der Waals surface area contributed by atoms with Crippen molar-refractivity contribution in [3.63, 3.8) is 0 Å². The molecule has 1 aromatic rings. The van der Waals surface area contributed by atoms with Gasteiger partial charge in [0, 0.05) is 5.56 Å². The van der Waals surface area contributed by atoms with Gasteiger partial charge in [-0.15, -0.1) is 12.4 Å². The van der Waals surface area contributed by atoms with Gasteiger partial charge >= 0.3 is 0 Å². The van der Waals surface area contributed by atoms with E-state index in [1.54, 1.807) is 0 Å². The van der Waals surface area contributed by atoms with Crippen molar-refractivity contribution in [3.8, 4) is 0 Å². The summed E-state index contributed by atoms with van der Waals surface area (Å²) in [5.41, 5.74) is 4.25. The predicted octanol–water partition coefficient (Wildman–Crippen LogP) is 2.22. The van der Waals surface area contributed by atoms with E-state index in [1.807, 2.05) is 24.3 Å². The number of halogens is 1. The van der Waals surface area contributed by atoms with Gasteiger partial charge in [-0.2, -0.15) is 0 Å². The molecule has 0 radical (unpaired) electrons. The van der Waals surface area contributed by atoms with Crippen molar-refractivity contribution < 1.29 is 4.79 Å². The number of amides is 1. The lowest BCUT2D eigenvalue weighted by Crippen LogP contribution is -1.94. The summed E-state index contributed by atoms with van der Waals surface area (Å²) < 4.78 is 0. The van der Waals surface area contributed by atoms with Crippen molar-refractivity contribution in [2.45, 2.75) is 6.42 Å². The smallest absolute Gasteiger partial charge is 0.250 e. The molecule has 0 spiro atoms. The second kappa shape index (κ2) is 3.07. The summed E-state index contributed by atoms with van der Waals surface area (Å²) in [4.78, 5) is 15.0. The summed E-state index contributed by atoms with van der Waals surface area (Å²) in [5, 5.41) is 0. The third-order valence-corrected chi connectivity index (χ3v) is 2.43. The number of nitrogens with zero attached hydrogens (tertiary/aromatic N) is 1. The van der Waals surface area contributed by atoms with Crippen LogP contribution in [0.5, 0.6) is 0 Å². The highest BCUT2D eigenvalue weighted by molar-refractivity contribution is 6.28. The average molecular weight is 206 g/mol. The molecule has 0 atom stereocenters. The van der Waals surface area contributed by atoms with Crippen LogP contribution in [0, 0.1) is 0 Å². The largest absolute Gasteiger partial charge is 0.272 e. The van der Waals surface area contributed by atoms with Crippen LogP contribution in [0.25, 0.3) is 6.08 Å². The number of carbonyl (C=O) groups excluding carboxylic acids is 1. The first kappa shape index (κ1) is 9.16. The van der Waals surface area contributed by atoms with Crippen LogP contribution in [0.4, 0.5) is 0 Å².